The molecule has 1 fully saturated rings. The van der Waals surface area contributed by atoms with Crippen LogP contribution in [0.1, 0.15) is 29.0 Å². The van der Waals surface area contributed by atoms with E-state index in [9.17, 15) is 14.4 Å². The normalized spacial score (nSPS) is 17.8. The lowest BCUT2D eigenvalue weighted by Crippen LogP contribution is -2.60. The zero-order chi connectivity index (χ0) is 27.2. The van der Waals surface area contributed by atoms with Crippen molar-refractivity contribution in [1.29, 1.82) is 0 Å². The van der Waals surface area contributed by atoms with Gasteiger partial charge in [0.2, 0.25) is 5.91 Å². The fraction of sp³-hybridized carbons (Fsp3) is 0.258. The summed E-state index contributed by atoms with van der Waals surface area (Å²) in [7, 11) is 0. The number of carboxylic acids is 1. The van der Waals surface area contributed by atoms with Crippen LogP contribution in [0, 0.1) is 11.8 Å². The van der Waals surface area contributed by atoms with Gasteiger partial charge in [0.1, 0.15) is 12.1 Å². The fourth-order valence-electron chi connectivity index (χ4n) is 5.45. The molecule has 39 heavy (non-hydrogen) atoms. The monoisotopic (exact) mass is 523 g/mol. The van der Waals surface area contributed by atoms with Gasteiger partial charge in [-0.3, -0.25) is 9.69 Å². The second-order valence-electron chi connectivity index (χ2n) is 9.77. The van der Waals surface area contributed by atoms with E-state index in [2.05, 4.69) is 33.6 Å². The van der Waals surface area contributed by atoms with E-state index >= 15 is 0 Å². The van der Waals surface area contributed by atoms with Crippen LogP contribution in [0.4, 0.5) is 4.79 Å². The number of likely N-dealkylation sites (tertiary alicyclic amines) is 1. The maximum Gasteiger partial charge on any atom is 0.408 e. The highest BCUT2D eigenvalue weighted by atomic mass is 16.5. The second kappa shape index (κ2) is 11.4. The molecule has 0 spiro atoms. The standard InChI is InChI=1S/C31H29N3O5/c35-28(36)15-8-17-32-29(37)31(16-18-34(21-31)19-22-9-2-1-3-10-22)33-30(38)39-20-27-25-13-6-4-11-23(25)24-12-5-7-14-26(24)27/h1-7,9-14,27H,16-21H2,(H,32,37)(H,33,38)(H,35,36). The Hall–Kier alpha value is -4.61. The maximum atomic E-state index is 13.3. The van der Waals surface area contributed by atoms with E-state index in [0.717, 1.165) is 27.8 Å². The number of rotatable bonds is 7. The highest BCUT2D eigenvalue weighted by Gasteiger charge is 2.46. The molecule has 1 heterocycles. The molecule has 0 radical (unpaired) electrons. The Balaban J connectivity index is 1.28. The second-order valence-corrected chi connectivity index (χ2v) is 9.77. The van der Waals surface area contributed by atoms with E-state index < -0.39 is 23.5 Å². The largest absolute Gasteiger partial charge is 0.472 e. The molecule has 2 aliphatic rings. The number of nitrogens with one attached hydrogen (secondary N) is 2. The van der Waals surface area contributed by atoms with Gasteiger partial charge in [0, 0.05) is 31.5 Å². The molecule has 5 rings (SSSR count). The van der Waals surface area contributed by atoms with Crippen LogP contribution < -0.4 is 10.6 Å². The van der Waals surface area contributed by atoms with Crippen molar-refractivity contribution in [1.82, 2.24) is 15.5 Å². The Labute approximate surface area is 227 Å². The Morgan fingerprint density at radius 2 is 1.59 bits per heavy atom. The third-order valence-corrected chi connectivity index (χ3v) is 7.25. The number of hydrogen-bond acceptors (Lipinski definition) is 5. The van der Waals surface area contributed by atoms with Crippen molar-refractivity contribution in [3.05, 3.63) is 95.6 Å². The van der Waals surface area contributed by atoms with E-state index in [1.54, 1.807) is 0 Å². The van der Waals surface area contributed by atoms with E-state index in [1.807, 2.05) is 72.7 Å². The third-order valence-electron chi connectivity index (χ3n) is 7.25. The van der Waals surface area contributed by atoms with Gasteiger partial charge in [-0.1, -0.05) is 84.8 Å². The van der Waals surface area contributed by atoms with Crippen LogP contribution in [-0.2, 0) is 20.9 Å². The van der Waals surface area contributed by atoms with Crippen LogP contribution >= 0.6 is 0 Å². The van der Waals surface area contributed by atoms with Crippen LogP contribution in [0.25, 0.3) is 11.1 Å². The SMILES string of the molecule is O=C(O)C#CCNC(=O)C1(NC(=O)OCC2c3ccccc3-c3ccccc32)CCN(Cc2ccccc2)C1. The Morgan fingerprint density at radius 1 is 0.949 bits per heavy atom. The first-order valence-electron chi connectivity index (χ1n) is 12.8. The summed E-state index contributed by atoms with van der Waals surface area (Å²) in [6.45, 7) is 1.49. The van der Waals surface area contributed by atoms with Gasteiger partial charge in [0.25, 0.3) is 0 Å². The fourth-order valence-corrected chi connectivity index (χ4v) is 5.45. The number of hydrogen-bond donors (Lipinski definition) is 3. The van der Waals surface area contributed by atoms with Gasteiger partial charge in [0.05, 0.1) is 6.54 Å². The first kappa shape index (κ1) is 26.0. The van der Waals surface area contributed by atoms with Crippen molar-refractivity contribution >= 4 is 18.0 Å². The van der Waals surface area contributed by atoms with Gasteiger partial charge < -0.3 is 20.5 Å². The van der Waals surface area contributed by atoms with Crippen LogP contribution in [0.2, 0.25) is 0 Å². The Kier molecular flexibility index (Phi) is 7.62. The molecule has 2 amide bonds. The molecule has 1 aliphatic heterocycles. The van der Waals surface area contributed by atoms with Crippen LogP contribution in [0.15, 0.2) is 78.9 Å². The predicted octanol–water partition coefficient (Wildman–Crippen LogP) is 3.37. The van der Waals surface area contributed by atoms with Crippen molar-refractivity contribution in [3.8, 4) is 23.0 Å². The van der Waals surface area contributed by atoms with E-state index in [-0.39, 0.29) is 25.6 Å². The van der Waals surface area contributed by atoms with Crippen molar-refractivity contribution in [2.24, 2.45) is 0 Å². The molecule has 1 aliphatic carbocycles. The van der Waals surface area contributed by atoms with E-state index in [0.29, 0.717) is 19.5 Å². The van der Waals surface area contributed by atoms with Crippen molar-refractivity contribution in [2.75, 3.05) is 26.2 Å². The molecule has 8 heteroatoms. The highest BCUT2D eigenvalue weighted by molar-refractivity contribution is 5.91. The number of carboxylic acid groups (broad SMARTS) is 1. The Morgan fingerprint density at radius 3 is 2.26 bits per heavy atom. The average Bonchev–Trinajstić information content (AvgIpc) is 3.49. The number of carbonyl (C=O) groups is 3. The molecule has 3 aromatic rings. The highest BCUT2D eigenvalue weighted by Crippen LogP contribution is 2.44. The number of fused-ring (bicyclic) bond motifs is 3. The summed E-state index contributed by atoms with van der Waals surface area (Å²) in [4.78, 5) is 39.2. The lowest BCUT2D eigenvalue weighted by Gasteiger charge is -2.29. The van der Waals surface area contributed by atoms with Gasteiger partial charge >= 0.3 is 12.1 Å². The quantitative estimate of drug-likeness (QED) is 0.410. The summed E-state index contributed by atoms with van der Waals surface area (Å²) in [5, 5.41) is 14.3. The summed E-state index contributed by atoms with van der Waals surface area (Å²) in [6.07, 6.45) is -0.299. The topological polar surface area (TPSA) is 108 Å². The number of benzene rings is 3. The summed E-state index contributed by atoms with van der Waals surface area (Å²) >= 11 is 0. The number of ether oxygens (including phenoxy) is 1. The van der Waals surface area contributed by atoms with Crippen molar-refractivity contribution in [2.45, 2.75) is 24.4 Å². The summed E-state index contributed by atoms with van der Waals surface area (Å²) in [5.74, 6) is 2.59. The maximum absolute atomic E-state index is 13.3. The molecule has 1 atom stereocenters. The molecular formula is C31H29N3O5. The first-order valence-corrected chi connectivity index (χ1v) is 12.8. The van der Waals surface area contributed by atoms with Gasteiger partial charge in [-0.25, -0.2) is 9.59 Å². The van der Waals surface area contributed by atoms with Gasteiger partial charge in [-0.2, -0.15) is 0 Å². The lowest BCUT2D eigenvalue weighted by atomic mass is 9.97. The van der Waals surface area contributed by atoms with Crippen LogP contribution in [0.3, 0.4) is 0 Å². The minimum Gasteiger partial charge on any atom is -0.472 e. The molecule has 1 saturated heterocycles. The van der Waals surface area contributed by atoms with Crippen LogP contribution in [0.5, 0.6) is 0 Å². The minimum absolute atomic E-state index is 0.0997. The average molecular weight is 524 g/mol. The molecular weight excluding hydrogens is 494 g/mol. The van der Waals surface area contributed by atoms with E-state index in [1.165, 1.54) is 0 Å². The lowest BCUT2D eigenvalue weighted by molar-refractivity contribution is -0.130. The van der Waals surface area contributed by atoms with Crippen LogP contribution in [-0.4, -0.2) is 59.8 Å². The molecule has 1 unspecified atom stereocenters. The summed E-state index contributed by atoms with van der Waals surface area (Å²) in [5.41, 5.74) is 4.34. The zero-order valence-electron chi connectivity index (χ0n) is 21.4. The molecule has 0 aromatic heterocycles. The number of aliphatic carboxylic acids is 1. The van der Waals surface area contributed by atoms with Gasteiger partial charge in [0.15, 0.2) is 0 Å². The number of amides is 2. The molecule has 3 aromatic carbocycles. The molecule has 0 saturated carbocycles. The summed E-state index contributed by atoms with van der Waals surface area (Å²) < 4.78 is 5.73. The summed E-state index contributed by atoms with van der Waals surface area (Å²) in [6, 6.07) is 26.1. The number of carbonyl (C=O) groups excluding carboxylic acids is 2. The first-order chi connectivity index (χ1) is 18.9. The molecule has 3 N–H and O–H groups in total. The smallest absolute Gasteiger partial charge is 0.408 e. The van der Waals surface area contributed by atoms with E-state index in [4.69, 9.17) is 9.84 Å². The van der Waals surface area contributed by atoms with Crippen molar-refractivity contribution < 1.29 is 24.2 Å². The minimum atomic E-state index is -1.27. The zero-order valence-corrected chi connectivity index (χ0v) is 21.4. The third kappa shape index (κ3) is 5.79. The van der Waals surface area contributed by atoms with Gasteiger partial charge in [-0.05, 0) is 34.2 Å². The van der Waals surface area contributed by atoms with Crippen molar-refractivity contribution in [3.63, 3.8) is 0 Å². The number of alkyl carbamates (subject to hydrolysis) is 1. The molecule has 8 nitrogen and oxygen atoms in total. The molecule has 0 bridgehead atoms. The number of nitrogens with zero attached hydrogens (tertiary/aromatic N) is 1. The molecule has 198 valence electrons. The predicted molar refractivity (Wildman–Crippen MR) is 146 cm³/mol. The Bertz CT molecular complexity index is 1400. The van der Waals surface area contributed by atoms with Gasteiger partial charge in [-0.15, -0.1) is 0 Å².